The first kappa shape index (κ1) is 22.4. The minimum atomic E-state index is -0.0145. The highest BCUT2D eigenvalue weighted by atomic mass is 16.5. The van der Waals surface area contributed by atoms with Crippen LogP contribution in [0.2, 0.25) is 0 Å². The maximum atomic E-state index is 10.9. The fourth-order valence-corrected chi connectivity index (χ4v) is 3.55. The van der Waals surface area contributed by atoms with E-state index < -0.39 is 0 Å². The summed E-state index contributed by atoms with van der Waals surface area (Å²) in [5.41, 5.74) is 7.15. The van der Waals surface area contributed by atoms with Crippen molar-refractivity contribution in [2.75, 3.05) is 25.5 Å². The van der Waals surface area contributed by atoms with Crippen LogP contribution in [0.4, 0.5) is 5.69 Å². The lowest BCUT2D eigenvalue weighted by Crippen LogP contribution is -2.29. The van der Waals surface area contributed by atoms with Crippen molar-refractivity contribution in [2.24, 2.45) is 0 Å². The van der Waals surface area contributed by atoms with Crippen LogP contribution < -0.4 is 20.7 Å². The number of amides is 1. The molecule has 5 nitrogen and oxygen atoms in total. The molecule has 0 atom stereocenters. The first-order valence-electron chi connectivity index (χ1n) is 10.6. The Kier molecular flexibility index (Phi) is 8.07. The van der Waals surface area contributed by atoms with Crippen LogP contribution >= 0.6 is 0 Å². The second-order valence-corrected chi connectivity index (χ2v) is 7.50. The van der Waals surface area contributed by atoms with E-state index in [1.54, 1.807) is 7.11 Å². The molecule has 3 rings (SSSR count). The number of methoxy groups -OCH3 is 1. The highest BCUT2D eigenvalue weighted by molar-refractivity contribution is 5.72. The quantitative estimate of drug-likeness (QED) is 0.425. The highest BCUT2D eigenvalue weighted by Gasteiger charge is 2.08. The van der Waals surface area contributed by atoms with Gasteiger partial charge in [0.2, 0.25) is 5.91 Å². The highest BCUT2D eigenvalue weighted by Crippen LogP contribution is 2.27. The van der Waals surface area contributed by atoms with Crippen LogP contribution in [0.3, 0.4) is 0 Å². The van der Waals surface area contributed by atoms with Crippen LogP contribution in [0.5, 0.6) is 5.75 Å². The number of carbonyl (C=O) groups is 1. The van der Waals surface area contributed by atoms with Gasteiger partial charge >= 0.3 is 0 Å². The third-order valence-corrected chi connectivity index (χ3v) is 5.29. The molecular weight excluding hydrogens is 386 g/mol. The van der Waals surface area contributed by atoms with Gasteiger partial charge in [0.25, 0.3) is 0 Å². The van der Waals surface area contributed by atoms with E-state index in [-0.39, 0.29) is 5.91 Å². The largest absolute Gasteiger partial charge is 0.496 e. The van der Waals surface area contributed by atoms with Crippen LogP contribution in [0, 0.1) is 6.92 Å². The van der Waals surface area contributed by atoms with Gasteiger partial charge in [-0.25, -0.2) is 0 Å². The Morgan fingerprint density at radius 2 is 1.71 bits per heavy atom. The Morgan fingerprint density at radius 3 is 2.45 bits per heavy atom. The van der Waals surface area contributed by atoms with E-state index >= 15 is 0 Å². The zero-order valence-electron chi connectivity index (χ0n) is 18.5. The molecule has 0 aliphatic rings. The molecule has 0 aliphatic carbocycles. The Balaban J connectivity index is 1.62. The topological polar surface area (TPSA) is 62.4 Å². The standard InChI is InChI=1S/C26H31N3O2/c1-19-22(10-7-11-25(19)21-8-5-4-6-9-21)18-29-24-13-12-23(26(16-24)31-3)17-27-14-15-28-20(2)30/h4-13,16,27,29H,14-15,17-18H2,1-3H3,(H,28,30). The lowest BCUT2D eigenvalue weighted by atomic mass is 9.96. The third-order valence-electron chi connectivity index (χ3n) is 5.29. The fraction of sp³-hybridized carbons (Fsp3) is 0.269. The molecule has 162 valence electrons. The van der Waals surface area contributed by atoms with Crippen LogP contribution in [-0.2, 0) is 17.9 Å². The first-order chi connectivity index (χ1) is 15.1. The summed E-state index contributed by atoms with van der Waals surface area (Å²) >= 11 is 0. The number of anilines is 1. The zero-order chi connectivity index (χ0) is 22.1. The van der Waals surface area contributed by atoms with Gasteiger partial charge in [-0.05, 0) is 35.2 Å². The van der Waals surface area contributed by atoms with E-state index in [4.69, 9.17) is 4.74 Å². The van der Waals surface area contributed by atoms with Gasteiger partial charge in [-0.15, -0.1) is 0 Å². The molecule has 0 heterocycles. The number of hydrogen-bond donors (Lipinski definition) is 3. The molecule has 0 spiro atoms. The number of carbonyl (C=O) groups excluding carboxylic acids is 1. The predicted molar refractivity (Wildman–Crippen MR) is 127 cm³/mol. The van der Waals surface area contributed by atoms with Crippen LogP contribution in [0.25, 0.3) is 11.1 Å². The van der Waals surface area contributed by atoms with Crippen molar-refractivity contribution in [3.8, 4) is 16.9 Å². The minimum absolute atomic E-state index is 0.0145. The molecule has 0 aliphatic heterocycles. The van der Waals surface area contributed by atoms with Crippen LogP contribution in [0.1, 0.15) is 23.6 Å². The number of nitrogens with one attached hydrogen (secondary N) is 3. The Labute approximate surface area is 184 Å². The molecule has 3 aromatic rings. The molecule has 1 amide bonds. The number of rotatable bonds is 10. The van der Waals surface area contributed by atoms with Crippen molar-refractivity contribution in [1.82, 2.24) is 10.6 Å². The molecule has 5 heteroatoms. The third kappa shape index (κ3) is 6.33. The molecular formula is C26H31N3O2. The van der Waals surface area contributed by atoms with Gasteiger partial charge in [0.05, 0.1) is 7.11 Å². The average molecular weight is 418 g/mol. The summed E-state index contributed by atoms with van der Waals surface area (Å²) < 4.78 is 5.58. The van der Waals surface area contributed by atoms with Gasteiger partial charge < -0.3 is 20.7 Å². The van der Waals surface area contributed by atoms with Gasteiger partial charge in [0.1, 0.15) is 5.75 Å². The van der Waals surface area contributed by atoms with Crippen molar-refractivity contribution in [2.45, 2.75) is 26.9 Å². The smallest absolute Gasteiger partial charge is 0.216 e. The Hall–Kier alpha value is -3.31. The SMILES string of the molecule is COc1cc(NCc2cccc(-c3ccccc3)c2C)ccc1CNCCNC(C)=O. The van der Waals surface area contributed by atoms with E-state index in [0.29, 0.717) is 19.6 Å². The monoisotopic (exact) mass is 417 g/mol. The summed E-state index contributed by atoms with van der Waals surface area (Å²) in [6, 6.07) is 23.1. The molecule has 31 heavy (non-hydrogen) atoms. The maximum Gasteiger partial charge on any atom is 0.216 e. The molecule has 3 N–H and O–H groups in total. The van der Waals surface area contributed by atoms with Crippen molar-refractivity contribution >= 4 is 11.6 Å². The molecule has 0 saturated carbocycles. The first-order valence-corrected chi connectivity index (χ1v) is 10.6. The van der Waals surface area contributed by atoms with Gasteiger partial charge in [-0.2, -0.15) is 0 Å². The Morgan fingerprint density at radius 1 is 0.903 bits per heavy atom. The van der Waals surface area contributed by atoms with Crippen LogP contribution in [0.15, 0.2) is 66.7 Å². The minimum Gasteiger partial charge on any atom is -0.496 e. The average Bonchev–Trinajstić information content (AvgIpc) is 2.79. The van der Waals surface area contributed by atoms with E-state index in [0.717, 1.165) is 23.5 Å². The molecule has 0 aromatic heterocycles. The molecule has 0 bridgehead atoms. The van der Waals surface area contributed by atoms with E-state index in [1.165, 1.54) is 29.2 Å². The Bertz CT molecular complexity index is 1000. The number of benzene rings is 3. The van der Waals surface area contributed by atoms with E-state index in [9.17, 15) is 4.79 Å². The van der Waals surface area contributed by atoms with Gasteiger partial charge in [0.15, 0.2) is 0 Å². The van der Waals surface area contributed by atoms with Crippen molar-refractivity contribution in [3.63, 3.8) is 0 Å². The molecule has 3 aromatic carbocycles. The van der Waals surface area contributed by atoms with E-state index in [2.05, 4.69) is 77.5 Å². The maximum absolute atomic E-state index is 10.9. The lowest BCUT2D eigenvalue weighted by molar-refractivity contribution is -0.118. The normalized spacial score (nSPS) is 10.5. The fourth-order valence-electron chi connectivity index (χ4n) is 3.55. The summed E-state index contributed by atoms with van der Waals surface area (Å²) in [6.45, 7) is 6.44. The van der Waals surface area contributed by atoms with Gasteiger partial charge in [-0.1, -0.05) is 54.6 Å². The molecule has 0 saturated heterocycles. The lowest BCUT2D eigenvalue weighted by Gasteiger charge is -2.15. The molecule has 0 fully saturated rings. The van der Waals surface area contributed by atoms with Gasteiger partial charge in [-0.3, -0.25) is 4.79 Å². The summed E-state index contributed by atoms with van der Waals surface area (Å²) in [5, 5.41) is 9.62. The second-order valence-electron chi connectivity index (χ2n) is 7.50. The van der Waals surface area contributed by atoms with Gasteiger partial charge in [0, 0.05) is 50.4 Å². The second kappa shape index (κ2) is 11.2. The summed E-state index contributed by atoms with van der Waals surface area (Å²) in [7, 11) is 1.69. The van der Waals surface area contributed by atoms with E-state index in [1.807, 2.05) is 12.1 Å². The van der Waals surface area contributed by atoms with Crippen molar-refractivity contribution < 1.29 is 9.53 Å². The van der Waals surface area contributed by atoms with Crippen LogP contribution in [-0.4, -0.2) is 26.1 Å². The van der Waals surface area contributed by atoms with Crippen molar-refractivity contribution in [3.05, 3.63) is 83.4 Å². The summed E-state index contributed by atoms with van der Waals surface area (Å²) in [4.78, 5) is 10.9. The number of ether oxygens (including phenoxy) is 1. The van der Waals surface area contributed by atoms with Crippen molar-refractivity contribution in [1.29, 1.82) is 0 Å². The summed E-state index contributed by atoms with van der Waals surface area (Å²) in [6.07, 6.45) is 0. The predicted octanol–water partition coefficient (Wildman–Crippen LogP) is 4.51. The molecule has 0 radical (unpaired) electrons. The number of hydrogen-bond acceptors (Lipinski definition) is 4. The molecule has 0 unspecified atom stereocenters. The zero-order valence-corrected chi connectivity index (χ0v) is 18.5. The summed E-state index contributed by atoms with van der Waals surface area (Å²) in [5.74, 6) is 0.825.